The van der Waals surface area contributed by atoms with Crippen LogP contribution in [0, 0.1) is 0 Å². The standard InChI is InChI=1S/C79H110N11O11S3.CH4/c1-10-11-40-85-71-34-32-67(103(98,99)83(6)38-17-22-75(92)80-60-66(91)57-64-26-24-62(25-27-64)36-42-89-50-44-87(8,45-51-89)46-52-89)58-69(71)78(2,3)73(85)20-15-13-12-14-16-21-74-79(4,5)70-59-68(33-35-72(70)86(74)41-19-56-102(95,96)97)104(100,101)84(7)39-18-23-76(93)81-61-77(94)82-65-30-28-63(29-31-65)37-43-90-53-47-88(9,48-54-90)49-55-90;/h12-16,20-21,24-35,58-59H,10-11,17-19,22-23,36-57,60-61H2,1-9H3;1H4/q+1;/p+3. The van der Waals surface area contributed by atoms with Crippen molar-refractivity contribution in [1.82, 2.24) is 19.2 Å². The van der Waals surface area contributed by atoms with Gasteiger partial charge in [0.05, 0.1) is 65.6 Å². The Morgan fingerprint density at radius 2 is 1.07 bits per heavy atom. The van der Waals surface area contributed by atoms with Crippen LogP contribution >= 0.6 is 0 Å². The number of hydrogen-bond donors (Lipinski definition) is 3. The maximum absolute atomic E-state index is 14.2. The molecular weight excluding hydrogens is 1390 g/mol. The molecule has 4 aromatic rings. The van der Waals surface area contributed by atoms with Crippen LogP contribution in [0.4, 0.5) is 17.1 Å². The molecule has 4 aromatic carbocycles. The number of carbonyl (C=O) groups excluding carboxylic acids is 4. The minimum atomic E-state index is -4.52. The number of allylic oxidation sites excluding steroid dienone is 8. The molecule has 8 aliphatic rings. The van der Waals surface area contributed by atoms with E-state index in [0.717, 1.165) is 73.5 Å². The molecule has 0 atom stereocenters. The van der Waals surface area contributed by atoms with Gasteiger partial charge in [0, 0.05) is 118 Å². The number of carbonyl (C=O) groups is 4. The van der Waals surface area contributed by atoms with E-state index in [2.05, 4.69) is 67.8 Å². The van der Waals surface area contributed by atoms with E-state index in [-0.39, 0.29) is 112 Å². The summed E-state index contributed by atoms with van der Waals surface area (Å²) in [4.78, 5) is 54.0. The molecule has 8 heterocycles. The van der Waals surface area contributed by atoms with Crippen LogP contribution in [-0.2, 0) is 79.4 Å². The number of fused-ring (bicyclic) bond motifs is 8. The minimum Gasteiger partial charge on any atom is -0.748 e. The number of ketones is 1. The first-order chi connectivity index (χ1) is 49.2. The first-order valence-corrected chi connectivity index (χ1v) is 41.8. The molecule has 25 heteroatoms. The van der Waals surface area contributed by atoms with E-state index in [4.69, 9.17) is 0 Å². The Morgan fingerprint density at radius 1 is 0.581 bits per heavy atom. The number of unbranched alkanes of at least 4 members (excludes halogenated alkanes) is 1. The number of rotatable bonds is 36. The van der Waals surface area contributed by atoms with Gasteiger partial charge in [0.25, 0.3) is 0 Å². The molecule has 6 saturated heterocycles. The molecule has 3 N–H and O–H groups in total. The lowest BCUT2D eigenvalue weighted by Crippen LogP contribution is -2.73. The number of benzene rings is 4. The van der Waals surface area contributed by atoms with Gasteiger partial charge in [0.1, 0.15) is 85.1 Å². The summed E-state index contributed by atoms with van der Waals surface area (Å²) in [5, 5.41) is 8.24. The molecule has 0 radical (unpaired) electrons. The van der Waals surface area contributed by atoms with Crippen molar-refractivity contribution in [3.63, 3.8) is 0 Å². The van der Waals surface area contributed by atoms with Crippen LogP contribution in [0.1, 0.15) is 115 Å². The maximum atomic E-state index is 14.2. The molecule has 0 aliphatic carbocycles. The maximum Gasteiger partial charge on any atom is 0.243 e. The second-order valence-electron chi connectivity index (χ2n) is 31.7. The number of hydrogen-bond acceptors (Lipinski definition) is 12. The summed E-state index contributed by atoms with van der Waals surface area (Å²) >= 11 is 0. The zero-order chi connectivity index (χ0) is 74.9. The van der Waals surface area contributed by atoms with Gasteiger partial charge in [-0.2, -0.15) is 4.58 Å². The van der Waals surface area contributed by atoms with E-state index in [9.17, 15) is 49.0 Å². The number of sulfonamides is 2. The lowest BCUT2D eigenvalue weighted by Gasteiger charge is -2.54. The van der Waals surface area contributed by atoms with Crippen LogP contribution in [0.5, 0.6) is 0 Å². The van der Waals surface area contributed by atoms with Crippen LogP contribution in [-0.4, -0.2) is 255 Å². The molecule has 8 aliphatic heterocycles. The highest BCUT2D eigenvalue weighted by Gasteiger charge is 2.49. The topological polar surface area (TPSA) is 243 Å². The first-order valence-electron chi connectivity index (χ1n) is 37.4. The minimum absolute atomic E-state index is 0. The van der Waals surface area contributed by atoms with Crippen LogP contribution in [0.2, 0.25) is 0 Å². The summed E-state index contributed by atoms with van der Waals surface area (Å²) in [6, 6.07) is 26.3. The van der Waals surface area contributed by atoms with Crippen molar-refractivity contribution in [3.8, 4) is 0 Å². The third kappa shape index (κ3) is 20.2. The fourth-order valence-electron chi connectivity index (χ4n) is 15.9. The average Bonchev–Trinajstić information content (AvgIpc) is 1.60. The van der Waals surface area contributed by atoms with Crippen molar-refractivity contribution in [1.29, 1.82) is 0 Å². The molecule has 0 aromatic heterocycles. The van der Waals surface area contributed by atoms with Crippen molar-refractivity contribution in [2.45, 2.75) is 127 Å². The summed E-state index contributed by atoms with van der Waals surface area (Å²) in [6.07, 6.45) is 18.0. The average molecular weight is 1510 g/mol. The Bertz CT molecular complexity index is 4290. The van der Waals surface area contributed by atoms with E-state index in [1.807, 2.05) is 103 Å². The Labute approximate surface area is 626 Å². The predicted octanol–water partition coefficient (Wildman–Crippen LogP) is 7.94. The van der Waals surface area contributed by atoms with Crippen LogP contribution in [0.3, 0.4) is 0 Å². The number of anilines is 2. The molecule has 572 valence electrons. The highest BCUT2D eigenvalue weighted by atomic mass is 32.2. The monoisotopic (exact) mass is 1500 g/mol. The predicted molar refractivity (Wildman–Crippen MR) is 415 cm³/mol. The van der Waals surface area contributed by atoms with Gasteiger partial charge in [0.2, 0.25) is 43.5 Å². The highest BCUT2D eigenvalue weighted by Crippen LogP contribution is 2.49. The summed E-state index contributed by atoms with van der Waals surface area (Å²) in [5.74, 6) is -1.73. The van der Waals surface area contributed by atoms with Gasteiger partial charge in [0.15, 0.2) is 11.5 Å². The van der Waals surface area contributed by atoms with Gasteiger partial charge < -0.3 is 43.3 Å². The number of nitrogens with one attached hydrogen (secondary N) is 3. The molecule has 4 bridgehead atoms. The van der Waals surface area contributed by atoms with E-state index in [1.165, 1.54) is 136 Å². The molecule has 105 heavy (non-hydrogen) atoms. The molecule has 0 saturated carbocycles. The van der Waals surface area contributed by atoms with Crippen molar-refractivity contribution < 1.29 is 71.5 Å². The first kappa shape index (κ1) is 82.0. The van der Waals surface area contributed by atoms with Gasteiger partial charge in [-0.15, -0.1) is 0 Å². The summed E-state index contributed by atoms with van der Waals surface area (Å²) in [6.45, 7) is 28.1. The zero-order valence-corrected chi connectivity index (χ0v) is 65.3. The van der Waals surface area contributed by atoms with Gasteiger partial charge >= 0.3 is 0 Å². The molecule has 0 spiro atoms. The molecule has 22 nitrogen and oxygen atoms in total. The van der Waals surface area contributed by atoms with Gasteiger partial charge in [-0.1, -0.05) is 101 Å². The molecule has 12 rings (SSSR count). The molecule has 6 fully saturated rings. The Balaban J connectivity index is 0.0000128. The normalized spacial score (nSPS) is 22.9. The van der Waals surface area contributed by atoms with E-state index < -0.39 is 46.7 Å². The second-order valence-corrected chi connectivity index (χ2v) is 37.3. The summed E-state index contributed by atoms with van der Waals surface area (Å²) < 4.78 is 101. The molecule has 3 amide bonds. The zero-order valence-electron chi connectivity index (χ0n) is 62.8. The number of nitrogens with zero attached hydrogens (tertiary/aromatic N) is 8. The van der Waals surface area contributed by atoms with Gasteiger partial charge in [-0.25, -0.2) is 33.9 Å². The number of likely N-dealkylation sites (N-methyl/N-ethyl adjacent to an activating group) is 2. The number of amides is 3. The Hall–Kier alpha value is -7.04. The van der Waals surface area contributed by atoms with Crippen LogP contribution < -0.4 is 20.9 Å². The van der Waals surface area contributed by atoms with Crippen molar-refractivity contribution in [3.05, 3.63) is 161 Å². The largest absolute Gasteiger partial charge is 0.748 e. The second kappa shape index (κ2) is 34.0. The van der Waals surface area contributed by atoms with Crippen molar-refractivity contribution >= 4 is 76.4 Å². The van der Waals surface area contributed by atoms with Crippen molar-refractivity contribution in [2.24, 2.45) is 0 Å². The third-order valence-corrected chi connectivity index (χ3v) is 27.9. The molecule has 0 unspecified atom stereocenters. The van der Waals surface area contributed by atoms with E-state index >= 15 is 0 Å². The van der Waals surface area contributed by atoms with E-state index in [0.29, 0.717) is 16.9 Å². The smallest absolute Gasteiger partial charge is 0.243 e. The fourth-order valence-corrected chi connectivity index (χ4v) is 18.9. The molecular formula is C80H117N11O11S3+4. The van der Waals surface area contributed by atoms with E-state index in [1.54, 1.807) is 24.3 Å². The summed E-state index contributed by atoms with van der Waals surface area (Å²) in [7, 11) is -4.80. The summed E-state index contributed by atoms with van der Waals surface area (Å²) in [5.41, 5.74) is 7.61. The Morgan fingerprint density at radius 3 is 1.60 bits per heavy atom. The van der Waals surface area contributed by atoms with Gasteiger partial charge in [-0.05, 0) is 104 Å². The van der Waals surface area contributed by atoms with Crippen LogP contribution in [0.15, 0.2) is 143 Å². The lowest BCUT2D eigenvalue weighted by atomic mass is 9.81. The SMILES string of the molecule is C.CCCCN1C(=CC=CC=CC=CC2=[N+](CCCS(=O)(=O)[O-])c3ccc(S(=O)(=O)N(C)CCCC(=O)NCC(=O)Nc4ccc(CC[N+]56CC[N+](C)(CC5)CC6)cc4)cc3C2(C)C)C(C)(C)c2cc(S(=O)(=O)N(C)CCCC(=O)NCC(=O)Cc3ccc(CC[N+]45CC[N+](C)(CC4)CC5)cc3)ccc21. The number of piperazine rings is 6. The lowest BCUT2D eigenvalue weighted by molar-refractivity contribution is -1.07. The van der Waals surface area contributed by atoms with Gasteiger partial charge in [-0.3, -0.25) is 19.2 Å². The fraction of sp³-hybridized carbons (Fsp3) is 0.537. The number of quaternary nitrogens is 4. The third-order valence-electron chi connectivity index (χ3n) is 23.4. The Kier molecular flexibility index (Phi) is 26.6. The highest BCUT2D eigenvalue weighted by molar-refractivity contribution is 7.89. The quantitative estimate of drug-likeness (QED) is 0.0170. The van der Waals surface area contributed by atoms with Crippen molar-refractivity contribution in [2.75, 3.05) is 175 Å². The van der Waals surface area contributed by atoms with Crippen LogP contribution in [0.25, 0.3) is 0 Å². The number of Topliss-reactive ketones (excluding diaryl/α,β-unsaturated/α-hetero) is 1.